The zero-order chi connectivity index (χ0) is 81.3. The van der Waals surface area contributed by atoms with Crippen molar-refractivity contribution < 1.29 is 102 Å². The van der Waals surface area contributed by atoms with Gasteiger partial charge in [0.2, 0.25) is 46.5 Å². The van der Waals surface area contributed by atoms with Crippen LogP contribution in [0.15, 0.2) is 212 Å². The van der Waals surface area contributed by atoms with Crippen molar-refractivity contribution in [2.45, 2.75) is 119 Å². The fraction of sp³-hybridized carbons (Fsp3) is 0.212. The maximum Gasteiger partial charge on any atom is 0.343 e. The quantitative estimate of drug-likeness (QED) is 0.0140. The van der Waals surface area contributed by atoms with E-state index in [9.17, 15) is 78.4 Å². The van der Waals surface area contributed by atoms with Gasteiger partial charge in [0.25, 0.3) is 0 Å². The Kier molecular flexibility index (Phi) is 35.0. The molecule has 4 unspecified atom stereocenters. The lowest BCUT2D eigenvalue weighted by Gasteiger charge is -2.10. The summed E-state index contributed by atoms with van der Waals surface area (Å²) in [4.78, 5) is 78.0. The summed E-state index contributed by atoms with van der Waals surface area (Å²) in [6.07, 6.45) is 4.11. The first-order chi connectivity index (χ1) is 52.3. The third kappa shape index (κ3) is 26.9. The van der Waals surface area contributed by atoms with E-state index in [0.29, 0.717) is 64.2 Å². The lowest BCUT2D eigenvalue weighted by molar-refractivity contribution is -0.390. The molecule has 0 aliphatic carbocycles. The molecule has 0 aliphatic rings. The number of halogens is 9. The topological polar surface area (TPSA) is 225 Å². The lowest BCUT2D eigenvalue weighted by atomic mass is 9.98. The van der Waals surface area contributed by atoms with Crippen LogP contribution in [0.25, 0.3) is 0 Å². The van der Waals surface area contributed by atoms with E-state index in [-0.39, 0.29) is 34.8 Å². The number of hydrogen-bond acceptors (Lipinski definition) is 15. The van der Waals surface area contributed by atoms with Crippen LogP contribution in [0.4, 0.5) is 45.2 Å². The molecule has 0 radical (unpaired) electrons. The molecular weight excluding hydrogens is 1440 g/mol. The normalized spacial score (nSPS) is 11.3. The van der Waals surface area contributed by atoms with Crippen LogP contribution in [-0.2, 0) is 9.59 Å². The maximum atomic E-state index is 13.5. The number of benzene rings is 10. The second-order valence-electron chi connectivity index (χ2n) is 24.2. The first kappa shape index (κ1) is 87.9. The molecule has 10 aromatic rings. The molecule has 0 N–H and O–H groups in total. The summed E-state index contributed by atoms with van der Waals surface area (Å²) in [5.41, 5.74) is 4.31. The summed E-state index contributed by atoms with van der Waals surface area (Å²) >= 11 is 0. The van der Waals surface area contributed by atoms with E-state index in [1.807, 2.05) is 122 Å². The van der Waals surface area contributed by atoms with E-state index < -0.39 is 97.9 Å². The first-order valence-electron chi connectivity index (χ1n) is 34.2. The molecule has 10 rings (SSSR count). The Hall–Kier alpha value is -12.7. The van der Waals surface area contributed by atoms with Crippen molar-refractivity contribution in [3.63, 3.8) is 0 Å². The fourth-order valence-corrected chi connectivity index (χ4v) is 9.34. The van der Waals surface area contributed by atoms with E-state index in [2.05, 4.69) is 53.2 Å². The number of nitriles is 1. The van der Waals surface area contributed by atoms with Gasteiger partial charge in [-0.2, -0.15) is 22.8 Å². The van der Waals surface area contributed by atoms with Crippen LogP contribution in [0.3, 0.4) is 0 Å². The number of carbonyl (C=O) groups excluding carboxylic acids is 6. The van der Waals surface area contributed by atoms with Crippen LogP contribution >= 0.6 is 0 Å². The molecule has 4 atom stereocenters. The van der Waals surface area contributed by atoms with Gasteiger partial charge < -0.3 is 28.4 Å². The summed E-state index contributed by atoms with van der Waals surface area (Å²) < 4.78 is 146. The molecule has 16 nitrogen and oxygen atoms in total. The zero-order valence-corrected chi connectivity index (χ0v) is 61.4. The SMILES string of the molecule is CC(=O)Oc1c(F)c(F)c(F)c(F)c1F.CC(=O)Oc1ccccc1.CCC(C)c1ccc(C(=O)Oc2cc(F)c(C#N)c(F)c2)cc1.CCC(C)c1ccc(C(=O)Oc2cc(F)c([N+](=O)[O-])c(F)c2)cc1.CCC(C)c1ccc(C(=O)Oc2ccccc2)cc1.CCC(C)c1ccc(C(=O)Oc2ccccc2)cc1. The van der Waals surface area contributed by atoms with Gasteiger partial charge in [0.15, 0.2) is 0 Å². The number of hydrogen-bond donors (Lipinski definition) is 0. The van der Waals surface area contributed by atoms with Gasteiger partial charge in [0.05, 0.1) is 27.2 Å². The second-order valence-corrected chi connectivity index (χ2v) is 24.2. The van der Waals surface area contributed by atoms with E-state index in [1.165, 1.54) is 24.1 Å². The average Bonchev–Trinajstić information content (AvgIpc) is 0.801. The van der Waals surface area contributed by atoms with Gasteiger partial charge in [-0.05, 0) is 157 Å². The molecule has 25 heteroatoms. The minimum Gasteiger partial charge on any atom is -0.427 e. The van der Waals surface area contributed by atoms with E-state index in [4.69, 9.17) is 28.9 Å². The van der Waals surface area contributed by atoms with Gasteiger partial charge in [-0.1, -0.05) is 159 Å². The monoisotopic (exact) mass is 1520 g/mol. The molecule has 0 amide bonds. The Labute approximate surface area is 629 Å². The minimum atomic E-state index is -2.30. The van der Waals surface area contributed by atoms with Crippen molar-refractivity contribution in [2.24, 2.45) is 0 Å². The van der Waals surface area contributed by atoms with Crippen LogP contribution in [0.5, 0.6) is 34.5 Å². The van der Waals surface area contributed by atoms with E-state index >= 15 is 0 Å². The molecule has 0 fully saturated rings. The number of rotatable bonds is 19. The number of nitrogens with zero attached hydrogens (tertiary/aromatic N) is 2. The van der Waals surface area contributed by atoms with Crippen LogP contribution in [0.2, 0.25) is 0 Å². The van der Waals surface area contributed by atoms with Crippen molar-refractivity contribution in [2.75, 3.05) is 0 Å². The number of ether oxygens (including phenoxy) is 6. The highest BCUT2D eigenvalue weighted by molar-refractivity contribution is 5.93. The van der Waals surface area contributed by atoms with Crippen molar-refractivity contribution in [3.05, 3.63) is 325 Å². The predicted molar refractivity (Wildman–Crippen MR) is 393 cm³/mol. The van der Waals surface area contributed by atoms with E-state index in [0.717, 1.165) is 55.9 Å². The van der Waals surface area contributed by atoms with Crippen LogP contribution < -0.4 is 28.4 Å². The molecular formula is C85H77F9N2O14. The average molecular weight is 1520 g/mol. The number of esters is 6. The molecule has 574 valence electrons. The second kappa shape index (κ2) is 43.8. The van der Waals surface area contributed by atoms with Crippen LogP contribution in [0.1, 0.15) is 188 Å². The van der Waals surface area contributed by atoms with Crippen molar-refractivity contribution in [1.82, 2.24) is 0 Å². The zero-order valence-electron chi connectivity index (χ0n) is 61.4. The first-order valence-corrected chi connectivity index (χ1v) is 34.2. The molecule has 10 aromatic carbocycles. The highest BCUT2D eigenvalue weighted by Crippen LogP contribution is 2.32. The molecule has 110 heavy (non-hydrogen) atoms. The fourth-order valence-electron chi connectivity index (χ4n) is 9.34. The smallest absolute Gasteiger partial charge is 0.343 e. The minimum absolute atomic E-state index is 0.209. The summed E-state index contributed by atoms with van der Waals surface area (Å²) in [5.74, 6) is -18.4. The Morgan fingerprint density at radius 1 is 0.355 bits per heavy atom. The molecule has 0 saturated carbocycles. The molecule has 0 aliphatic heterocycles. The predicted octanol–water partition coefficient (Wildman–Crippen LogP) is 21.9. The molecule has 0 saturated heterocycles. The molecule has 0 spiro atoms. The molecule has 0 heterocycles. The Bertz CT molecular complexity index is 4610. The largest absolute Gasteiger partial charge is 0.427 e. The molecule has 0 bridgehead atoms. The summed E-state index contributed by atoms with van der Waals surface area (Å²) in [7, 11) is 0. The van der Waals surface area contributed by atoms with Gasteiger partial charge in [0, 0.05) is 38.1 Å². The highest BCUT2D eigenvalue weighted by atomic mass is 19.2. The summed E-state index contributed by atoms with van der Waals surface area (Å²) in [5, 5.41) is 19.1. The van der Waals surface area contributed by atoms with Crippen LogP contribution in [-0.4, -0.2) is 40.7 Å². The summed E-state index contributed by atoms with van der Waals surface area (Å²) in [6.45, 7) is 19.1. The van der Waals surface area contributed by atoms with Crippen molar-refractivity contribution in [3.8, 4) is 40.6 Å². The third-order valence-corrected chi connectivity index (χ3v) is 16.4. The van der Waals surface area contributed by atoms with E-state index in [1.54, 1.807) is 72.8 Å². The third-order valence-electron chi connectivity index (χ3n) is 16.4. The van der Waals surface area contributed by atoms with Gasteiger partial charge in [0.1, 0.15) is 52.0 Å². The Morgan fingerprint density at radius 2 is 0.591 bits per heavy atom. The van der Waals surface area contributed by atoms with Crippen molar-refractivity contribution >= 4 is 41.5 Å². The maximum absolute atomic E-state index is 13.5. The lowest BCUT2D eigenvalue weighted by Crippen LogP contribution is -2.10. The number of nitro groups is 1. The molecule has 0 aromatic heterocycles. The number of para-hydroxylation sites is 3. The standard InChI is InChI=1S/C18H15F2NO2.C17H15F2NO4.2C17H18O2.C8H3F5O2.C8H8O2/c1-3-11(2)12-4-6-13(7-5-12)18(22)23-14-8-16(19)15(10-21)17(20)9-14;1-3-10(2)11-4-6-12(7-5-11)17(21)24-13-8-14(18)16(20(22)23)15(19)9-13;2*1-3-13(2)14-9-11-15(12-10-14)17(18)19-16-7-5-4-6-8-16;1-2(14)15-8-6(12)4(10)3(9)5(11)7(8)13;1-7(9)10-8-5-3-2-4-6-8/h4-9,11H,3H2,1-2H3;4-10H,3H2,1-2H3;2*4-13H,3H2,1-2H3;1H3;2-6H,1H3. The Morgan fingerprint density at radius 3 is 0.827 bits per heavy atom. The van der Waals surface area contributed by atoms with Crippen molar-refractivity contribution in [1.29, 1.82) is 5.26 Å². The summed E-state index contributed by atoms with van der Waals surface area (Å²) in [6, 6.07) is 60.3. The van der Waals surface area contributed by atoms with Gasteiger partial charge in [-0.15, -0.1) is 0 Å². The number of carbonyl (C=O) groups is 6. The Balaban J connectivity index is 0.000000240. The number of nitro benzene ring substituents is 1. The van der Waals surface area contributed by atoms with Gasteiger partial charge in [-0.3, -0.25) is 19.7 Å². The van der Waals surface area contributed by atoms with Crippen LogP contribution in [0, 0.1) is 73.8 Å². The highest BCUT2D eigenvalue weighted by Gasteiger charge is 2.29. The van der Waals surface area contributed by atoms with Gasteiger partial charge in [-0.25, -0.2) is 41.1 Å². The van der Waals surface area contributed by atoms with Gasteiger partial charge >= 0.3 is 41.5 Å².